The Labute approximate surface area is 104 Å². The summed E-state index contributed by atoms with van der Waals surface area (Å²) in [7, 11) is 0. The van der Waals surface area contributed by atoms with E-state index in [1.54, 1.807) is 0 Å². The molecule has 1 saturated heterocycles. The van der Waals surface area contributed by atoms with Crippen molar-refractivity contribution in [1.29, 1.82) is 0 Å². The Hall–Kier alpha value is -0.900. The Morgan fingerprint density at radius 1 is 1.29 bits per heavy atom. The molecule has 0 spiro atoms. The number of aromatic nitrogens is 3. The maximum Gasteiger partial charge on any atom is 0.132 e. The summed E-state index contributed by atoms with van der Waals surface area (Å²) < 4.78 is 2.28. The lowest BCUT2D eigenvalue weighted by molar-refractivity contribution is 0.350. The van der Waals surface area contributed by atoms with Crippen LogP contribution in [0, 0.1) is 12.8 Å². The van der Waals surface area contributed by atoms with Gasteiger partial charge in [0.05, 0.1) is 0 Å². The number of aryl methyl sites for hydroxylation is 2. The van der Waals surface area contributed by atoms with Gasteiger partial charge in [0.1, 0.15) is 11.6 Å². The molecule has 4 heteroatoms. The second-order valence-corrected chi connectivity index (χ2v) is 5.05. The fourth-order valence-corrected chi connectivity index (χ4v) is 2.63. The topological polar surface area (TPSA) is 42.7 Å². The largest absolute Gasteiger partial charge is 0.317 e. The van der Waals surface area contributed by atoms with E-state index in [2.05, 4.69) is 33.9 Å². The average molecular weight is 236 g/mol. The second-order valence-electron chi connectivity index (χ2n) is 5.05. The summed E-state index contributed by atoms with van der Waals surface area (Å²) in [5.74, 6) is 3.12. The maximum atomic E-state index is 4.32. The SMILES string of the molecule is CCCn1c(C)nnc1CCC1CCNCC1. The van der Waals surface area contributed by atoms with Gasteiger partial charge >= 0.3 is 0 Å². The summed E-state index contributed by atoms with van der Waals surface area (Å²) in [5, 5.41) is 11.9. The van der Waals surface area contributed by atoms with Crippen molar-refractivity contribution >= 4 is 0 Å². The molecule has 1 aromatic heterocycles. The number of hydrogen-bond donors (Lipinski definition) is 1. The highest BCUT2D eigenvalue weighted by Crippen LogP contribution is 2.18. The van der Waals surface area contributed by atoms with Crippen LogP contribution in [0.1, 0.15) is 44.3 Å². The molecular weight excluding hydrogens is 212 g/mol. The van der Waals surface area contributed by atoms with Crippen LogP contribution >= 0.6 is 0 Å². The molecule has 0 aromatic carbocycles. The molecule has 96 valence electrons. The third-order valence-corrected chi connectivity index (χ3v) is 3.69. The fraction of sp³-hybridized carbons (Fsp3) is 0.846. The van der Waals surface area contributed by atoms with Gasteiger partial charge in [0, 0.05) is 13.0 Å². The summed E-state index contributed by atoms with van der Waals surface area (Å²) in [5.41, 5.74) is 0. The number of hydrogen-bond acceptors (Lipinski definition) is 3. The molecule has 1 fully saturated rings. The van der Waals surface area contributed by atoms with Crippen molar-refractivity contribution in [2.75, 3.05) is 13.1 Å². The van der Waals surface area contributed by atoms with Crippen molar-refractivity contribution in [3.05, 3.63) is 11.6 Å². The van der Waals surface area contributed by atoms with Gasteiger partial charge in [0.2, 0.25) is 0 Å². The Morgan fingerprint density at radius 3 is 2.76 bits per heavy atom. The molecule has 0 aliphatic carbocycles. The number of nitrogens with zero attached hydrogens (tertiary/aromatic N) is 3. The van der Waals surface area contributed by atoms with E-state index in [1.165, 1.54) is 38.2 Å². The number of nitrogens with one attached hydrogen (secondary N) is 1. The van der Waals surface area contributed by atoms with Crippen LogP contribution in [0.3, 0.4) is 0 Å². The molecule has 4 nitrogen and oxygen atoms in total. The highest BCUT2D eigenvalue weighted by atomic mass is 15.3. The Bertz CT molecular complexity index is 339. The Balaban J connectivity index is 1.89. The van der Waals surface area contributed by atoms with Crippen LogP contribution in [0.15, 0.2) is 0 Å². The van der Waals surface area contributed by atoms with Gasteiger partial charge in [-0.3, -0.25) is 0 Å². The van der Waals surface area contributed by atoms with Crippen molar-refractivity contribution in [3.8, 4) is 0 Å². The highest BCUT2D eigenvalue weighted by Gasteiger charge is 2.15. The summed E-state index contributed by atoms with van der Waals surface area (Å²) in [6.07, 6.45) is 6.15. The molecule has 0 bridgehead atoms. The van der Waals surface area contributed by atoms with Gasteiger partial charge in [-0.25, -0.2) is 0 Å². The lowest BCUT2D eigenvalue weighted by atomic mass is 9.93. The van der Waals surface area contributed by atoms with Crippen LogP contribution in [0.5, 0.6) is 0 Å². The molecule has 0 atom stereocenters. The Morgan fingerprint density at radius 2 is 2.06 bits per heavy atom. The zero-order valence-corrected chi connectivity index (χ0v) is 11.1. The molecule has 0 amide bonds. The molecule has 1 N–H and O–H groups in total. The average Bonchev–Trinajstić information content (AvgIpc) is 2.70. The number of piperidine rings is 1. The molecule has 17 heavy (non-hydrogen) atoms. The van der Waals surface area contributed by atoms with Gasteiger partial charge < -0.3 is 9.88 Å². The summed E-state index contributed by atoms with van der Waals surface area (Å²) >= 11 is 0. The van der Waals surface area contributed by atoms with E-state index in [0.717, 1.165) is 31.1 Å². The smallest absolute Gasteiger partial charge is 0.132 e. The standard InChI is InChI=1S/C13H24N4/c1-3-10-17-11(2)15-16-13(17)5-4-12-6-8-14-9-7-12/h12,14H,3-10H2,1-2H3. The minimum absolute atomic E-state index is 0.878. The lowest BCUT2D eigenvalue weighted by Crippen LogP contribution is -2.28. The molecule has 0 saturated carbocycles. The normalized spacial score (nSPS) is 17.5. The van der Waals surface area contributed by atoms with Crippen molar-refractivity contribution in [1.82, 2.24) is 20.1 Å². The summed E-state index contributed by atoms with van der Waals surface area (Å²) in [6.45, 7) is 7.68. The van der Waals surface area contributed by atoms with E-state index < -0.39 is 0 Å². The minimum Gasteiger partial charge on any atom is -0.317 e. The minimum atomic E-state index is 0.878. The van der Waals surface area contributed by atoms with E-state index in [4.69, 9.17) is 0 Å². The van der Waals surface area contributed by atoms with Crippen molar-refractivity contribution in [2.24, 2.45) is 5.92 Å². The monoisotopic (exact) mass is 236 g/mol. The molecule has 0 radical (unpaired) electrons. The van der Waals surface area contributed by atoms with E-state index in [9.17, 15) is 0 Å². The van der Waals surface area contributed by atoms with Gasteiger partial charge in [0.25, 0.3) is 0 Å². The van der Waals surface area contributed by atoms with Gasteiger partial charge in [-0.05, 0) is 51.6 Å². The molecule has 0 unspecified atom stereocenters. The van der Waals surface area contributed by atoms with Crippen LogP contribution in [0.2, 0.25) is 0 Å². The van der Waals surface area contributed by atoms with Crippen molar-refractivity contribution < 1.29 is 0 Å². The van der Waals surface area contributed by atoms with Crippen LogP contribution in [0.25, 0.3) is 0 Å². The zero-order valence-electron chi connectivity index (χ0n) is 11.1. The first kappa shape index (κ1) is 12.6. The van der Waals surface area contributed by atoms with Crippen LogP contribution in [0.4, 0.5) is 0 Å². The van der Waals surface area contributed by atoms with Crippen molar-refractivity contribution in [3.63, 3.8) is 0 Å². The quantitative estimate of drug-likeness (QED) is 0.849. The third-order valence-electron chi connectivity index (χ3n) is 3.69. The van der Waals surface area contributed by atoms with Crippen LogP contribution < -0.4 is 5.32 Å². The first-order valence-electron chi connectivity index (χ1n) is 6.90. The van der Waals surface area contributed by atoms with Gasteiger partial charge in [-0.2, -0.15) is 0 Å². The van der Waals surface area contributed by atoms with E-state index in [-0.39, 0.29) is 0 Å². The molecular formula is C13H24N4. The van der Waals surface area contributed by atoms with Crippen LogP contribution in [-0.4, -0.2) is 27.9 Å². The van der Waals surface area contributed by atoms with Gasteiger partial charge in [-0.1, -0.05) is 6.92 Å². The molecule has 1 aromatic rings. The Kier molecular flexibility index (Phi) is 4.54. The predicted octanol–water partition coefficient (Wildman–Crippen LogP) is 1.93. The first-order valence-corrected chi connectivity index (χ1v) is 6.90. The van der Waals surface area contributed by atoms with E-state index >= 15 is 0 Å². The first-order chi connectivity index (χ1) is 8.31. The molecule has 1 aliphatic heterocycles. The van der Waals surface area contributed by atoms with Gasteiger partial charge in [0.15, 0.2) is 0 Å². The van der Waals surface area contributed by atoms with Crippen molar-refractivity contribution in [2.45, 2.75) is 52.5 Å². The molecule has 2 rings (SSSR count). The van der Waals surface area contributed by atoms with E-state index in [0.29, 0.717) is 0 Å². The zero-order chi connectivity index (χ0) is 12.1. The second kappa shape index (κ2) is 6.15. The predicted molar refractivity (Wildman–Crippen MR) is 69.0 cm³/mol. The lowest BCUT2D eigenvalue weighted by Gasteiger charge is -2.22. The van der Waals surface area contributed by atoms with Crippen LogP contribution in [-0.2, 0) is 13.0 Å². The summed E-state index contributed by atoms with van der Waals surface area (Å²) in [6, 6.07) is 0. The molecule has 1 aliphatic rings. The summed E-state index contributed by atoms with van der Waals surface area (Å²) in [4.78, 5) is 0. The fourth-order valence-electron chi connectivity index (χ4n) is 2.63. The van der Waals surface area contributed by atoms with Gasteiger partial charge in [-0.15, -0.1) is 10.2 Å². The van der Waals surface area contributed by atoms with E-state index in [1.807, 2.05) is 0 Å². The third kappa shape index (κ3) is 3.28. The highest BCUT2D eigenvalue weighted by molar-refractivity contribution is 4.94. The maximum absolute atomic E-state index is 4.32. The number of rotatable bonds is 5. The molecule has 2 heterocycles.